The van der Waals surface area contributed by atoms with Gasteiger partial charge in [0, 0.05) is 22.5 Å². The van der Waals surface area contributed by atoms with Crippen molar-refractivity contribution < 1.29 is 4.39 Å². The second-order valence-corrected chi connectivity index (χ2v) is 5.84. The van der Waals surface area contributed by atoms with Gasteiger partial charge in [-0.05, 0) is 54.4 Å². The van der Waals surface area contributed by atoms with Crippen LogP contribution in [-0.4, -0.2) is 13.1 Å². The van der Waals surface area contributed by atoms with E-state index < -0.39 is 0 Å². The highest BCUT2D eigenvalue weighted by Gasteiger charge is 2.15. The van der Waals surface area contributed by atoms with Gasteiger partial charge in [0.05, 0.1) is 0 Å². The number of halogens is 3. The zero-order valence-corrected chi connectivity index (χ0v) is 13.4. The number of hydrogen-bond donors (Lipinski definition) is 1. The lowest BCUT2D eigenvalue weighted by molar-refractivity contribution is 0.588. The van der Waals surface area contributed by atoms with E-state index in [4.69, 9.17) is 23.2 Å². The molecule has 0 aliphatic heterocycles. The van der Waals surface area contributed by atoms with Crippen molar-refractivity contribution in [1.82, 2.24) is 5.32 Å². The third-order valence-electron chi connectivity index (χ3n) is 3.43. The Morgan fingerprint density at radius 3 is 2.67 bits per heavy atom. The summed E-state index contributed by atoms with van der Waals surface area (Å²) in [5.74, 6) is -0.0642. The van der Waals surface area contributed by atoms with Crippen molar-refractivity contribution in [2.24, 2.45) is 0 Å². The Hall–Kier alpha value is -1.09. The van der Waals surface area contributed by atoms with Crippen LogP contribution in [0.3, 0.4) is 0 Å². The quantitative estimate of drug-likeness (QED) is 0.782. The minimum absolute atomic E-state index is 0.197. The van der Waals surface area contributed by atoms with Gasteiger partial charge in [0.15, 0.2) is 0 Å². The van der Waals surface area contributed by atoms with Crippen molar-refractivity contribution in [3.8, 4) is 0 Å². The van der Waals surface area contributed by atoms with Crippen molar-refractivity contribution >= 4 is 23.2 Å². The average Bonchev–Trinajstić information content (AvgIpc) is 2.47. The largest absolute Gasteiger partial charge is 0.316 e. The summed E-state index contributed by atoms with van der Waals surface area (Å²) in [5, 5.41) is 4.65. The summed E-state index contributed by atoms with van der Waals surface area (Å²) in [4.78, 5) is 0. The van der Waals surface area contributed by atoms with Gasteiger partial charge in [0.25, 0.3) is 0 Å². The second-order valence-electron chi connectivity index (χ2n) is 5.00. The highest BCUT2D eigenvalue weighted by Crippen LogP contribution is 2.27. The predicted octanol–water partition coefficient (Wildman–Crippen LogP) is 5.07. The van der Waals surface area contributed by atoms with Gasteiger partial charge in [0.1, 0.15) is 5.82 Å². The molecular weight excluding hydrogens is 308 g/mol. The molecule has 1 nitrogen and oxygen atoms in total. The van der Waals surface area contributed by atoms with Crippen molar-refractivity contribution in [3.63, 3.8) is 0 Å². The molecule has 0 bridgehead atoms. The molecule has 0 aliphatic carbocycles. The van der Waals surface area contributed by atoms with E-state index in [1.165, 1.54) is 12.1 Å². The minimum atomic E-state index is -0.261. The molecule has 112 valence electrons. The summed E-state index contributed by atoms with van der Waals surface area (Å²) in [7, 11) is 0. The lowest BCUT2D eigenvalue weighted by Gasteiger charge is -2.19. The maximum atomic E-state index is 13.4. The Labute approximate surface area is 135 Å². The molecule has 0 saturated carbocycles. The Balaban J connectivity index is 2.25. The molecule has 0 radical (unpaired) electrons. The van der Waals surface area contributed by atoms with Gasteiger partial charge >= 0.3 is 0 Å². The lowest BCUT2D eigenvalue weighted by Crippen LogP contribution is -2.22. The summed E-state index contributed by atoms with van der Waals surface area (Å²) in [6.07, 6.45) is 0.671. The van der Waals surface area contributed by atoms with Gasteiger partial charge in [-0.15, -0.1) is 0 Å². The fourth-order valence-electron chi connectivity index (χ4n) is 2.35. The van der Waals surface area contributed by atoms with Crippen molar-refractivity contribution in [2.75, 3.05) is 13.1 Å². The molecule has 2 aromatic carbocycles. The van der Waals surface area contributed by atoms with Crippen LogP contribution < -0.4 is 5.32 Å². The van der Waals surface area contributed by atoms with E-state index >= 15 is 0 Å². The molecule has 0 heterocycles. The van der Waals surface area contributed by atoms with Gasteiger partial charge in [-0.3, -0.25) is 0 Å². The van der Waals surface area contributed by atoms with E-state index in [0.29, 0.717) is 16.5 Å². The molecule has 4 heteroatoms. The molecule has 0 spiro atoms. The molecule has 21 heavy (non-hydrogen) atoms. The van der Waals surface area contributed by atoms with E-state index in [2.05, 4.69) is 12.2 Å². The van der Waals surface area contributed by atoms with E-state index in [1.807, 2.05) is 24.3 Å². The molecule has 0 fully saturated rings. The normalized spacial score (nSPS) is 12.4. The standard InChI is InChI=1S/C17H18Cl2FN/c1-2-21-11-14(12-4-3-5-15(18)9-12)8-13-10-16(20)6-7-17(13)19/h3-7,9-10,14,21H,2,8,11H2,1H3. The third-order valence-corrected chi connectivity index (χ3v) is 4.04. The Kier molecular flexibility index (Phi) is 6.04. The third kappa shape index (κ3) is 4.70. The van der Waals surface area contributed by atoms with Crippen LogP contribution in [0, 0.1) is 5.82 Å². The smallest absolute Gasteiger partial charge is 0.123 e. The van der Waals surface area contributed by atoms with Gasteiger partial charge < -0.3 is 5.32 Å². The summed E-state index contributed by atoms with van der Waals surface area (Å²) >= 11 is 12.3. The van der Waals surface area contributed by atoms with Crippen molar-refractivity contribution in [2.45, 2.75) is 19.3 Å². The highest BCUT2D eigenvalue weighted by atomic mass is 35.5. The van der Waals surface area contributed by atoms with Crippen LogP contribution in [0.4, 0.5) is 4.39 Å². The molecule has 1 atom stereocenters. The number of rotatable bonds is 6. The van der Waals surface area contributed by atoms with Crippen LogP contribution in [0.15, 0.2) is 42.5 Å². The first kappa shape index (κ1) is 16.3. The summed E-state index contributed by atoms with van der Waals surface area (Å²) in [5.41, 5.74) is 1.95. The minimum Gasteiger partial charge on any atom is -0.316 e. The highest BCUT2D eigenvalue weighted by molar-refractivity contribution is 6.31. The molecule has 2 rings (SSSR count). The second kappa shape index (κ2) is 7.79. The van der Waals surface area contributed by atoms with E-state index in [9.17, 15) is 4.39 Å². The van der Waals surface area contributed by atoms with Gasteiger partial charge in [0.2, 0.25) is 0 Å². The SMILES string of the molecule is CCNCC(Cc1cc(F)ccc1Cl)c1cccc(Cl)c1. The molecule has 0 amide bonds. The number of hydrogen-bond acceptors (Lipinski definition) is 1. The van der Waals surface area contributed by atoms with Crippen LogP contribution in [0.25, 0.3) is 0 Å². The number of benzene rings is 2. The molecule has 0 saturated heterocycles. The van der Waals surface area contributed by atoms with Gasteiger partial charge in [-0.25, -0.2) is 4.39 Å². The Morgan fingerprint density at radius 2 is 1.95 bits per heavy atom. The van der Waals surface area contributed by atoms with Gasteiger partial charge in [-0.2, -0.15) is 0 Å². The number of nitrogens with one attached hydrogen (secondary N) is 1. The molecule has 0 aliphatic rings. The Bertz CT molecular complexity index is 601. The Morgan fingerprint density at radius 1 is 1.14 bits per heavy atom. The zero-order valence-electron chi connectivity index (χ0n) is 11.9. The van der Waals surface area contributed by atoms with Crippen LogP contribution >= 0.6 is 23.2 Å². The topological polar surface area (TPSA) is 12.0 Å². The average molecular weight is 326 g/mol. The maximum Gasteiger partial charge on any atom is 0.123 e. The summed E-state index contributed by atoms with van der Waals surface area (Å²) < 4.78 is 13.4. The molecule has 1 N–H and O–H groups in total. The monoisotopic (exact) mass is 325 g/mol. The van der Waals surface area contributed by atoms with E-state index in [0.717, 1.165) is 24.2 Å². The van der Waals surface area contributed by atoms with Crippen LogP contribution in [0.2, 0.25) is 10.0 Å². The van der Waals surface area contributed by atoms with Crippen LogP contribution in [0.1, 0.15) is 24.0 Å². The first-order chi connectivity index (χ1) is 10.1. The molecule has 2 aromatic rings. The first-order valence-corrected chi connectivity index (χ1v) is 7.76. The predicted molar refractivity (Wildman–Crippen MR) is 87.9 cm³/mol. The number of likely N-dealkylation sites (N-methyl/N-ethyl adjacent to an activating group) is 1. The van der Waals surface area contributed by atoms with E-state index in [1.54, 1.807) is 6.07 Å². The van der Waals surface area contributed by atoms with E-state index in [-0.39, 0.29) is 11.7 Å². The summed E-state index contributed by atoms with van der Waals surface area (Å²) in [6, 6.07) is 12.3. The molecule has 0 aromatic heterocycles. The molecular formula is C17H18Cl2FN. The zero-order chi connectivity index (χ0) is 15.2. The van der Waals surface area contributed by atoms with Crippen molar-refractivity contribution in [3.05, 3.63) is 69.5 Å². The molecule has 1 unspecified atom stereocenters. The first-order valence-electron chi connectivity index (χ1n) is 7.00. The van der Waals surface area contributed by atoms with Crippen LogP contribution in [0.5, 0.6) is 0 Å². The van der Waals surface area contributed by atoms with Crippen molar-refractivity contribution in [1.29, 1.82) is 0 Å². The fraction of sp³-hybridized carbons (Fsp3) is 0.294. The lowest BCUT2D eigenvalue weighted by atomic mass is 9.91. The maximum absolute atomic E-state index is 13.4. The van der Waals surface area contributed by atoms with Crippen LogP contribution in [-0.2, 0) is 6.42 Å². The summed E-state index contributed by atoms with van der Waals surface area (Å²) in [6.45, 7) is 3.74. The van der Waals surface area contributed by atoms with Gasteiger partial charge in [-0.1, -0.05) is 42.3 Å². The fourth-order valence-corrected chi connectivity index (χ4v) is 2.75.